The number of imidazole rings is 1. The molecule has 0 aliphatic carbocycles. The predicted molar refractivity (Wildman–Crippen MR) is 94.0 cm³/mol. The average molecular weight is 343 g/mol. The number of phenols is 1. The van der Waals surface area contributed by atoms with Crippen molar-refractivity contribution in [1.82, 2.24) is 14.5 Å². The van der Waals surface area contributed by atoms with Crippen molar-refractivity contribution in [2.24, 2.45) is 13.0 Å². The van der Waals surface area contributed by atoms with Crippen LogP contribution >= 0.6 is 0 Å². The third kappa shape index (κ3) is 3.85. The van der Waals surface area contributed by atoms with E-state index in [0.29, 0.717) is 18.9 Å². The number of hydrogen-bond acceptors (Lipinski definition) is 4. The van der Waals surface area contributed by atoms with Crippen LogP contribution < -0.4 is 0 Å². The van der Waals surface area contributed by atoms with Crippen LogP contribution in [-0.2, 0) is 18.3 Å². The van der Waals surface area contributed by atoms with Crippen molar-refractivity contribution in [3.05, 3.63) is 47.5 Å². The minimum Gasteiger partial charge on any atom is -0.508 e. The molecule has 0 bridgehead atoms. The van der Waals surface area contributed by atoms with E-state index in [4.69, 9.17) is 0 Å². The van der Waals surface area contributed by atoms with E-state index in [9.17, 15) is 15.0 Å². The maximum absolute atomic E-state index is 12.6. The van der Waals surface area contributed by atoms with Gasteiger partial charge in [-0.2, -0.15) is 0 Å². The number of benzene rings is 1. The van der Waals surface area contributed by atoms with Gasteiger partial charge in [-0.05, 0) is 37.0 Å². The molecule has 1 aromatic carbocycles. The lowest BCUT2D eigenvalue weighted by molar-refractivity contribution is -0.133. The first-order chi connectivity index (χ1) is 12.0. The normalized spacial score (nSPS) is 19.0. The summed E-state index contributed by atoms with van der Waals surface area (Å²) in [7, 11) is 1.86. The van der Waals surface area contributed by atoms with Gasteiger partial charge in [0.15, 0.2) is 0 Å². The van der Waals surface area contributed by atoms with Gasteiger partial charge in [-0.1, -0.05) is 12.1 Å². The maximum atomic E-state index is 12.6. The van der Waals surface area contributed by atoms with Gasteiger partial charge in [0, 0.05) is 38.4 Å². The molecule has 0 spiro atoms. The number of nitrogens with zero attached hydrogens (tertiary/aromatic N) is 3. The number of aliphatic hydroxyl groups is 1. The Hall–Kier alpha value is -2.34. The zero-order valence-corrected chi connectivity index (χ0v) is 14.7. The second-order valence-corrected chi connectivity index (χ2v) is 6.88. The Morgan fingerprint density at radius 1 is 1.44 bits per heavy atom. The zero-order valence-electron chi connectivity index (χ0n) is 14.7. The van der Waals surface area contributed by atoms with Crippen LogP contribution in [0.5, 0.6) is 5.75 Å². The molecule has 2 unspecified atom stereocenters. The Labute approximate surface area is 147 Å². The van der Waals surface area contributed by atoms with Crippen LogP contribution in [0.3, 0.4) is 0 Å². The van der Waals surface area contributed by atoms with Gasteiger partial charge in [0.25, 0.3) is 0 Å². The highest BCUT2D eigenvalue weighted by Crippen LogP contribution is 2.29. The number of likely N-dealkylation sites (tertiary alicyclic amines) is 1. The molecule has 2 atom stereocenters. The highest BCUT2D eigenvalue weighted by molar-refractivity contribution is 5.79. The second kappa shape index (κ2) is 7.27. The summed E-state index contributed by atoms with van der Waals surface area (Å²) in [5, 5.41) is 20.4. The van der Waals surface area contributed by atoms with Crippen molar-refractivity contribution in [3.63, 3.8) is 0 Å². The standard InChI is InChI=1S/C19H25N3O3/c1-13-5-6-14(10-16(13)23)11-17(24)22-8-3-4-15(12-22)18(25)19-20-7-9-21(19)2/h5-7,9-10,15,18,23,25H,3-4,8,11-12H2,1-2H3. The smallest absolute Gasteiger partial charge is 0.227 e. The van der Waals surface area contributed by atoms with Crippen molar-refractivity contribution in [3.8, 4) is 5.75 Å². The molecule has 6 nitrogen and oxygen atoms in total. The summed E-state index contributed by atoms with van der Waals surface area (Å²) in [6.07, 6.45) is 4.83. The molecule has 6 heteroatoms. The molecule has 0 saturated carbocycles. The van der Waals surface area contributed by atoms with E-state index in [-0.39, 0.29) is 24.0 Å². The quantitative estimate of drug-likeness (QED) is 0.889. The van der Waals surface area contributed by atoms with E-state index in [0.717, 1.165) is 24.0 Å². The molecule has 25 heavy (non-hydrogen) atoms. The molecule has 1 amide bonds. The summed E-state index contributed by atoms with van der Waals surface area (Å²) in [4.78, 5) is 18.7. The number of aromatic hydroxyl groups is 1. The van der Waals surface area contributed by atoms with E-state index in [2.05, 4.69) is 4.98 Å². The van der Waals surface area contributed by atoms with Crippen LogP contribution in [0.15, 0.2) is 30.6 Å². The van der Waals surface area contributed by atoms with Crippen LogP contribution in [0.1, 0.15) is 35.9 Å². The van der Waals surface area contributed by atoms with E-state index in [1.54, 1.807) is 12.3 Å². The maximum Gasteiger partial charge on any atom is 0.227 e. The van der Waals surface area contributed by atoms with Gasteiger partial charge in [-0.25, -0.2) is 4.98 Å². The van der Waals surface area contributed by atoms with Gasteiger partial charge < -0.3 is 19.7 Å². The first-order valence-corrected chi connectivity index (χ1v) is 8.67. The molecule has 0 radical (unpaired) electrons. The zero-order chi connectivity index (χ0) is 18.0. The van der Waals surface area contributed by atoms with Crippen LogP contribution in [0.25, 0.3) is 0 Å². The molecule has 1 fully saturated rings. The molecule has 2 N–H and O–H groups in total. The Kier molecular flexibility index (Phi) is 5.08. The topological polar surface area (TPSA) is 78.6 Å². The SMILES string of the molecule is Cc1ccc(CC(=O)N2CCCC(C(O)c3nccn3C)C2)cc1O. The number of carbonyl (C=O) groups excluding carboxylic acids is 1. The lowest BCUT2D eigenvalue weighted by Crippen LogP contribution is -2.42. The highest BCUT2D eigenvalue weighted by atomic mass is 16.3. The van der Waals surface area contributed by atoms with Gasteiger partial charge in [0.05, 0.1) is 6.42 Å². The molecule has 1 saturated heterocycles. The first kappa shape index (κ1) is 17.5. The van der Waals surface area contributed by atoms with Gasteiger partial charge >= 0.3 is 0 Å². The fourth-order valence-electron chi connectivity index (χ4n) is 3.42. The third-order valence-electron chi connectivity index (χ3n) is 5.01. The minimum atomic E-state index is -0.668. The van der Waals surface area contributed by atoms with Crippen LogP contribution in [0.4, 0.5) is 0 Å². The fourth-order valence-corrected chi connectivity index (χ4v) is 3.42. The van der Waals surface area contributed by atoms with Crippen molar-refractivity contribution in [2.75, 3.05) is 13.1 Å². The molecule has 1 aromatic heterocycles. The number of aromatic nitrogens is 2. The third-order valence-corrected chi connectivity index (χ3v) is 5.01. The Morgan fingerprint density at radius 2 is 2.24 bits per heavy atom. The summed E-state index contributed by atoms with van der Waals surface area (Å²) in [5.74, 6) is 0.875. The molecular weight excluding hydrogens is 318 g/mol. The average Bonchev–Trinajstić information content (AvgIpc) is 3.03. The lowest BCUT2D eigenvalue weighted by Gasteiger charge is -2.35. The van der Waals surface area contributed by atoms with Gasteiger partial charge in [-0.15, -0.1) is 0 Å². The number of aliphatic hydroxyl groups excluding tert-OH is 1. The summed E-state index contributed by atoms with van der Waals surface area (Å²) in [6, 6.07) is 5.34. The van der Waals surface area contributed by atoms with Crippen molar-refractivity contribution in [1.29, 1.82) is 0 Å². The Morgan fingerprint density at radius 3 is 2.92 bits per heavy atom. The number of rotatable bonds is 4. The van der Waals surface area contributed by atoms with Crippen molar-refractivity contribution in [2.45, 2.75) is 32.3 Å². The van der Waals surface area contributed by atoms with E-state index in [1.807, 2.05) is 41.8 Å². The largest absolute Gasteiger partial charge is 0.508 e. The van der Waals surface area contributed by atoms with E-state index >= 15 is 0 Å². The van der Waals surface area contributed by atoms with Crippen LogP contribution in [-0.4, -0.2) is 43.7 Å². The monoisotopic (exact) mass is 343 g/mol. The molecule has 2 heterocycles. The molecule has 1 aliphatic heterocycles. The fraction of sp³-hybridized carbons (Fsp3) is 0.474. The molecule has 134 valence electrons. The van der Waals surface area contributed by atoms with Crippen LogP contribution in [0.2, 0.25) is 0 Å². The Balaban J connectivity index is 1.65. The van der Waals surface area contributed by atoms with E-state index in [1.165, 1.54) is 0 Å². The number of piperidine rings is 1. The first-order valence-electron chi connectivity index (χ1n) is 8.67. The second-order valence-electron chi connectivity index (χ2n) is 6.88. The Bertz CT molecular complexity index is 756. The van der Waals surface area contributed by atoms with Crippen molar-refractivity contribution < 1.29 is 15.0 Å². The van der Waals surface area contributed by atoms with Crippen molar-refractivity contribution >= 4 is 5.91 Å². The summed E-state index contributed by atoms with van der Waals surface area (Å²) in [6.45, 7) is 3.07. The molecular formula is C19H25N3O3. The summed E-state index contributed by atoms with van der Waals surface area (Å²) >= 11 is 0. The number of carbonyl (C=O) groups is 1. The number of aryl methyl sites for hydroxylation is 2. The molecule has 2 aromatic rings. The van der Waals surface area contributed by atoms with E-state index < -0.39 is 6.10 Å². The predicted octanol–water partition coefficient (Wildman–Crippen LogP) is 1.95. The molecule has 1 aliphatic rings. The number of phenolic OH excluding ortho intramolecular Hbond substituents is 1. The summed E-state index contributed by atoms with van der Waals surface area (Å²) < 4.78 is 1.82. The minimum absolute atomic E-state index is 0.00906. The highest BCUT2D eigenvalue weighted by Gasteiger charge is 2.31. The van der Waals surface area contributed by atoms with Gasteiger partial charge in [0.2, 0.25) is 5.91 Å². The van der Waals surface area contributed by atoms with Gasteiger partial charge in [0.1, 0.15) is 17.7 Å². The lowest BCUT2D eigenvalue weighted by atomic mass is 9.91. The molecule has 3 rings (SSSR count). The summed E-state index contributed by atoms with van der Waals surface area (Å²) in [5.41, 5.74) is 1.60. The number of amides is 1. The van der Waals surface area contributed by atoms with Gasteiger partial charge in [-0.3, -0.25) is 4.79 Å². The number of hydrogen-bond donors (Lipinski definition) is 2. The van der Waals surface area contributed by atoms with Crippen LogP contribution in [0, 0.1) is 12.8 Å².